The van der Waals surface area contributed by atoms with Gasteiger partial charge in [0.25, 0.3) is 0 Å². The number of pyridine rings is 1. The van der Waals surface area contributed by atoms with Gasteiger partial charge in [-0.3, -0.25) is 4.98 Å². The first kappa shape index (κ1) is 16.0. The SMILES string of the molecule is OC(CNCc1cccnc1)COc1cc(Cl)ccc1Cl. The van der Waals surface area contributed by atoms with Crippen LogP contribution in [0.1, 0.15) is 5.56 Å². The summed E-state index contributed by atoms with van der Waals surface area (Å²) < 4.78 is 5.46. The van der Waals surface area contributed by atoms with E-state index < -0.39 is 6.10 Å². The molecule has 4 nitrogen and oxygen atoms in total. The van der Waals surface area contributed by atoms with Gasteiger partial charge in [0.05, 0.1) is 5.02 Å². The van der Waals surface area contributed by atoms with Crippen LogP contribution in [0.2, 0.25) is 10.0 Å². The van der Waals surface area contributed by atoms with Gasteiger partial charge in [0, 0.05) is 36.6 Å². The Hall–Kier alpha value is -1.33. The molecule has 1 atom stereocenters. The Morgan fingerprint density at radius 1 is 1.29 bits per heavy atom. The molecule has 6 heteroatoms. The highest BCUT2D eigenvalue weighted by atomic mass is 35.5. The number of hydrogen-bond acceptors (Lipinski definition) is 4. The molecule has 1 unspecified atom stereocenters. The summed E-state index contributed by atoms with van der Waals surface area (Å²) in [5.41, 5.74) is 1.06. The molecule has 0 fully saturated rings. The fourth-order valence-electron chi connectivity index (χ4n) is 1.72. The Morgan fingerprint density at radius 3 is 2.90 bits per heavy atom. The van der Waals surface area contributed by atoms with Crippen molar-refractivity contribution in [3.8, 4) is 5.75 Å². The van der Waals surface area contributed by atoms with Gasteiger partial charge in [-0.1, -0.05) is 29.3 Å². The molecule has 0 radical (unpaired) electrons. The van der Waals surface area contributed by atoms with Crippen molar-refractivity contribution in [3.63, 3.8) is 0 Å². The summed E-state index contributed by atoms with van der Waals surface area (Å²) >= 11 is 11.8. The van der Waals surface area contributed by atoms with Crippen LogP contribution in [-0.2, 0) is 6.54 Å². The molecule has 2 aromatic rings. The number of nitrogens with one attached hydrogen (secondary N) is 1. The Bertz CT molecular complexity index is 567. The van der Waals surface area contributed by atoms with Crippen LogP contribution < -0.4 is 10.1 Å². The molecule has 0 saturated heterocycles. The van der Waals surface area contributed by atoms with E-state index in [0.29, 0.717) is 28.9 Å². The lowest BCUT2D eigenvalue weighted by atomic mass is 10.3. The number of hydrogen-bond donors (Lipinski definition) is 2. The zero-order valence-corrected chi connectivity index (χ0v) is 12.8. The first-order valence-corrected chi connectivity index (χ1v) is 7.26. The van der Waals surface area contributed by atoms with Crippen LogP contribution >= 0.6 is 23.2 Å². The summed E-state index contributed by atoms with van der Waals surface area (Å²) in [7, 11) is 0. The topological polar surface area (TPSA) is 54.4 Å². The van der Waals surface area contributed by atoms with Crippen LogP contribution in [0, 0.1) is 0 Å². The molecule has 1 aromatic carbocycles. The Balaban J connectivity index is 1.72. The van der Waals surface area contributed by atoms with Crippen LogP contribution in [-0.4, -0.2) is 29.3 Å². The average Bonchev–Trinajstić information content (AvgIpc) is 2.49. The summed E-state index contributed by atoms with van der Waals surface area (Å²) in [5, 5.41) is 14.0. The smallest absolute Gasteiger partial charge is 0.139 e. The fraction of sp³-hybridized carbons (Fsp3) is 0.267. The highest BCUT2D eigenvalue weighted by Gasteiger charge is 2.08. The Morgan fingerprint density at radius 2 is 2.14 bits per heavy atom. The van der Waals surface area contributed by atoms with Gasteiger partial charge in [0.15, 0.2) is 0 Å². The molecule has 0 aliphatic carbocycles. The molecule has 1 heterocycles. The summed E-state index contributed by atoms with van der Waals surface area (Å²) in [6, 6.07) is 8.81. The van der Waals surface area contributed by atoms with Gasteiger partial charge in [0.2, 0.25) is 0 Å². The van der Waals surface area contributed by atoms with Crippen molar-refractivity contribution in [1.82, 2.24) is 10.3 Å². The average molecular weight is 327 g/mol. The van der Waals surface area contributed by atoms with Gasteiger partial charge in [-0.25, -0.2) is 0 Å². The minimum Gasteiger partial charge on any atom is -0.489 e. The minimum absolute atomic E-state index is 0.139. The second-order valence-corrected chi connectivity index (χ2v) is 5.38. The van der Waals surface area contributed by atoms with Gasteiger partial charge < -0.3 is 15.2 Å². The molecule has 112 valence electrons. The second-order valence-electron chi connectivity index (χ2n) is 4.53. The van der Waals surface area contributed by atoms with Gasteiger partial charge in [0.1, 0.15) is 18.5 Å². The number of aliphatic hydroxyl groups excluding tert-OH is 1. The highest BCUT2D eigenvalue weighted by molar-refractivity contribution is 6.34. The number of halogens is 2. The second kappa shape index (κ2) is 8.20. The predicted molar refractivity (Wildman–Crippen MR) is 83.9 cm³/mol. The molecular weight excluding hydrogens is 311 g/mol. The Kier molecular flexibility index (Phi) is 6.26. The summed E-state index contributed by atoms with van der Waals surface area (Å²) in [6.45, 7) is 1.19. The molecular formula is C15H16Cl2N2O2. The van der Waals surface area contributed by atoms with Crippen LogP contribution in [0.3, 0.4) is 0 Å². The largest absolute Gasteiger partial charge is 0.489 e. The number of aliphatic hydroxyl groups is 1. The van der Waals surface area contributed by atoms with Crippen LogP contribution in [0.25, 0.3) is 0 Å². The maximum absolute atomic E-state index is 9.87. The third-order valence-electron chi connectivity index (χ3n) is 2.76. The van der Waals surface area contributed by atoms with E-state index in [-0.39, 0.29) is 6.61 Å². The number of rotatable bonds is 7. The van der Waals surface area contributed by atoms with Crippen molar-refractivity contribution in [2.75, 3.05) is 13.2 Å². The van der Waals surface area contributed by atoms with Crippen molar-refractivity contribution in [3.05, 3.63) is 58.3 Å². The third-order valence-corrected chi connectivity index (χ3v) is 3.30. The van der Waals surface area contributed by atoms with E-state index >= 15 is 0 Å². The zero-order chi connectivity index (χ0) is 15.1. The molecule has 1 aromatic heterocycles. The van der Waals surface area contributed by atoms with Gasteiger partial charge in [-0.05, 0) is 23.8 Å². The number of ether oxygens (including phenoxy) is 1. The fourth-order valence-corrected chi connectivity index (χ4v) is 2.05. The maximum atomic E-state index is 9.87. The predicted octanol–water partition coefficient (Wildman–Crippen LogP) is 2.92. The molecule has 21 heavy (non-hydrogen) atoms. The number of benzene rings is 1. The highest BCUT2D eigenvalue weighted by Crippen LogP contribution is 2.27. The van der Waals surface area contributed by atoms with Crippen LogP contribution in [0.15, 0.2) is 42.7 Å². The zero-order valence-electron chi connectivity index (χ0n) is 11.3. The van der Waals surface area contributed by atoms with Gasteiger partial charge in [-0.15, -0.1) is 0 Å². The van der Waals surface area contributed by atoms with Gasteiger partial charge in [-0.2, -0.15) is 0 Å². The van der Waals surface area contributed by atoms with E-state index in [0.717, 1.165) is 5.56 Å². The lowest BCUT2D eigenvalue weighted by Crippen LogP contribution is -2.31. The third kappa shape index (κ3) is 5.52. The van der Waals surface area contributed by atoms with E-state index in [9.17, 15) is 5.11 Å². The van der Waals surface area contributed by atoms with Crippen molar-refractivity contribution in [2.45, 2.75) is 12.6 Å². The molecule has 0 saturated carbocycles. The van der Waals surface area contributed by atoms with Crippen LogP contribution in [0.4, 0.5) is 0 Å². The summed E-state index contributed by atoms with van der Waals surface area (Å²) in [5.74, 6) is 0.468. The quantitative estimate of drug-likeness (QED) is 0.821. The minimum atomic E-state index is -0.642. The molecule has 0 aliphatic rings. The van der Waals surface area contributed by atoms with E-state index in [1.165, 1.54) is 0 Å². The lowest BCUT2D eigenvalue weighted by Gasteiger charge is -2.14. The van der Waals surface area contributed by atoms with E-state index in [4.69, 9.17) is 27.9 Å². The Labute approximate surface area is 133 Å². The number of aromatic nitrogens is 1. The lowest BCUT2D eigenvalue weighted by molar-refractivity contribution is 0.106. The van der Waals surface area contributed by atoms with E-state index in [2.05, 4.69) is 10.3 Å². The monoisotopic (exact) mass is 326 g/mol. The standard InChI is InChI=1S/C15H16Cl2N2O2/c16-12-3-4-14(17)15(6-12)21-10-13(20)9-19-8-11-2-1-5-18-7-11/h1-7,13,19-20H,8-10H2. The molecule has 2 rings (SSSR count). The van der Waals surface area contributed by atoms with Crippen LogP contribution in [0.5, 0.6) is 5.75 Å². The van der Waals surface area contributed by atoms with Crippen molar-refractivity contribution >= 4 is 23.2 Å². The normalized spacial score (nSPS) is 12.1. The molecule has 0 amide bonds. The van der Waals surface area contributed by atoms with E-state index in [1.807, 2.05) is 12.1 Å². The first-order chi connectivity index (χ1) is 10.1. The summed E-state index contributed by atoms with van der Waals surface area (Å²) in [4.78, 5) is 4.02. The van der Waals surface area contributed by atoms with Crippen molar-refractivity contribution < 1.29 is 9.84 Å². The van der Waals surface area contributed by atoms with E-state index in [1.54, 1.807) is 30.6 Å². The van der Waals surface area contributed by atoms with Crippen molar-refractivity contribution in [1.29, 1.82) is 0 Å². The number of nitrogens with zero attached hydrogens (tertiary/aromatic N) is 1. The molecule has 0 aliphatic heterocycles. The molecule has 0 bridgehead atoms. The maximum Gasteiger partial charge on any atom is 0.139 e. The molecule has 0 spiro atoms. The first-order valence-electron chi connectivity index (χ1n) is 6.50. The van der Waals surface area contributed by atoms with Crippen molar-refractivity contribution in [2.24, 2.45) is 0 Å². The van der Waals surface area contributed by atoms with Gasteiger partial charge >= 0.3 is 0 Å². The molecule has 2 N–H and O–H groups in total. The summed E-state index contributed by atoms with van der Waals surface area (Å²) in [6.07, 6.45) is 2.86.